The minimum absolute atomic E-state index is 0.0194. The summed E-state index contributed by atoms with van der Waals surface area (Å²) in [5, 5.41) is 9.47. The highest BCUT2D eigenvalue weighted by molar-refractivity contribution is 5.94. The number of nitrogens with zero attached hydrogens (tertiary/aromatic N) is 2. The molecule has 1 aliphatic rings. The molecule has 0 spiro atoms. The van der Waals surface area contributed by atoms with Crippen molar-refractivity contribution in [1.29, 1.82) is 0 Å². The van der Waals surface area contributed by atoms with Crippen LogP contribution < -0.4 is 5.73 Å². The van der Waals surface area contributed by atoms with Gasteiger partial charge in [-0.1, -0.05) is 12.8 Å². The molecule has 1 heterocycles. The lowest BCUT2D eigenvalue weighted by Crippen LogP contribution is -2.48. The first kappa shape index (κ1) is 14.8. The average molecular weight is 277 g/mol. The number of pyridine rings is 1. The average Bonchev–Trinajstić information content (AvgIpc) is 2.48. The summed E-state index contributed by atoms with van der Waals surface area (Å²) in [6.07, 6.45) is 7.26. The molecule has 1 saturated carbocycles. The smallest absolute Gasteiger partial charge is 0.255 e. The van der Waals surface area contributed by atoms with E-state index in [0.717, 1.165) is 19.3 Å². The van der Waals surface area contributed by atoms with E-state index >= 15 is 0 Å². The molecule has 1 fully saturated rings. The van der Waals surface area contributed by atoms with Crippen LogP contribution in [0.2, 0.25) is 0 Å². The van der Waals surface area contributed by atoms with E-state index in [0.29, 0.717) is 24.6 Å². The van der Waals surface area contributed by atoms with E-state index in [1.54, 1.807) is 0 Å². The Morgan fingerprint density at radius 3 is 2.85 bits per heavy atom. The molecule has 0 aromatic carbocycles. The molecule has 1 aliphatic carbocycles. The maximum Gasteiger partial charge on any atom is 0.255 e. The van der Waals surface area contributed by atoms with Gasteiger partial charge in [0.1, 0.15) is 5.75 Å². The van der Waals surface area contributed by atoms with E-state index in [-0.39, 0.29) is 17.7 Å². The van der Waals surface area contributed by atoms with Crippen molar-refractivity contribution in [3.63, 3.8) is 0 Å². The van der Waals surface area contributed by atoms with E-state index in [9.17, 15) is 9.90 Å². The molecule has 20 heavy (non-hydrogen) atoms. The van der Waals surface area contributed by atoms with Crippen molar-refractivity contribution in [2.24, 2.45) is 11.7 Å². The Morgan fingerprint density at radius 1 is 1.45 bits per heavy atom. The van der Waals surface area contributed by atoms with Crippen molar-refractivity contribution < 1.29 is 9.90 Å². The fraction of sp³-hybridized carbons (Fsp3) is 0.600. The molecular formula is C15H23N3O2. The predicted octanol–water partition coefficient (Wildman–Crippen LogP) is 1.77. The molecule has 1 aromatic rings. The number of aromatic nitrogens is 1. The number of carbonyl (C=O) groups excluding carboxylic acids is 1. The van der Waals surface area contributed by atoms with Gasteiger partial charge in [0.25, 0.3) is 5.91 Å². The van der Waals surface area contributed by atoms with Gasteiger partial charge in [-0.3, -0.25) is 9.78 Å². The Balaban J connectivity index is 2.20. The molecule has 0 aliphatic heterocycles. The molecule has 0 bridgehead atoms. The maximum absolute atomic E-state index is 12.6. The standard InChI is InChI=1S/C15H23N3O2/c1-2-18(14-6-4-3-5-11(14)8-16)15(20)12-7-13(19)10-17-9-12/h7,9-11,14,19H,2-6,8,16H2,1H3. The van der Waals surface area contributed by atoms with Gasteiger partial charge in [-0.05, 0) is 38.3 Å². The summed E-state index contributed by atoms with van der Waals surface area (Å²) >= 11 is 0. The number of amides is 1. The zero-order valence-corrected chi connectivity index (χ0v) is 12.0. The topological polar surface area (TPSA) is 79.5 Å². The van der Waals surface area contributed by atoms with Gasteiger partial charge in [0.2, 0.25) is 0 Å². The summed E-state index contributed by atoms with van der Waals surface area (Å²) in [4.78, 5) is 18.4. The van der Waals surface area contributed by atoms with Crippen LogP contribution in [-0.2, 0) is 0 Å². The largest absolute Gasteiger partial charge is 0.506 e. The molecule has 0 radical (unpaired) electrons. The van der Waals surface area contributed by atoms with Crippen LogP contribution in [0.1, 0.15) is 43.0 Å². The van der Waals surface area contributed by atoms with Crippen LogP contribution >= 0.6 is 0 Å². The van der Waals surface area contributed by atoms with Gasteiger partial charge in [0.05, 0.1) is 11.8 Å². The molecule has 1 aromatic heterocycles. The monoisotopic (exact) mass is 277 g/mol. The lowest BCUT2D eigenvalue weighted by molar-refractivity contribution is 0.0559. The number of nitrogens with two attached hydrogens (primary N) is 1. The second-order valence-corrected chi connectivity index (χ2v) is 5.37. The molecule has 2 unspecified atom stereocenters. The molecule has 5 heteroatoms. The molecule has 2 rings (SSSR count). The van der Waals surface area contributed by atoms with Crippen LogP contribution in [0.15, 0.2) is 18.5 Å². The van der Waals surface area contributed by atoms with Gasteiger partial charge < -0.3 is 15.7 Å². The SMILES string of the molecule is CCN(C(=O)c1cncc(O)c1)C1CCCCC1CN. The first-order chi connectivity index (χ1) is 9.67. The van der Waals surface area contributed by atoms with Crippen LogP contribution in [0.4, 0.5) is 0 Å². The van der Waals surface area contributed by atoms with E-state index in [4.69, 9.17) is 5.73 Å². The van der Waals surface area contributed by atoms with Crippen LogP contribution in [0.25, 0.3) is 0 Å². The molecule has 3 N–H and O–H groups in total. The molecular weight excluding hydrogens is 254 g/mol. The highest BCUT2D eigenvalue weighted by atomic mass is 16.3. The van der Waals surface area contributed by atoms with Crippen LogP contribution in [-0.4, -0.2) is 40.0 Å². The minimum Gasteiger partial charge on any atom is -0.506 e. The lowest BCUT2D eigenvalue weighted by atomic mass is 9.83. The molecule has 0 saturated heterocycles. The second-order valence-electron chi connectivity index (χ2n) is 5.37. The molecule has 2 atom stereocenters. The number of hydrogen-bond acceptors (Lipinski definition) is 4. The van der Waals surface area contributed by atoms with Gasteiger partial charge in [0.15, 0.2) is 0 Å². The van der Waals surface area contributed by atoms with Crippen molar-refractivity contribution in [1.82, 2.24) is 9.88 Å². The Labute approximate surface area is 119 Å². The van der Waals surface area contributed by atoms with Crippen LogP contribution in [0.5, 0.6) is 5.75 Å². The van der Waals surface area contributed by atoms with Crippen LogP contribution in [0, 0.1) is 5.92 Å². The van der Waals surface area contributed by atoms with Crippen molar-refractivity contribution in [3.05, 3.63) is 24.0 Å². The van der Waals surface area contributed by atoms with E-state index < -0.39 is 0 Å². The summed E-state index contributed by atoms with van der Waals surface area (Å²) in [5.74, 6) is 0.324. The third-order valence-corrected chi connectivity index (χ3v) is 4.14. The number of rotatable bonds is 4. The van der Waals surface area contributed by atoms with Crippen molar-refractivity contribution in [2.75, 3.05) is 13.1 Å². The zero-order valence-electron chi connectivity index (χ0n) is 12.0. The first-order valence-corrected chi connectivity index (χ1v) is 7.32. The third-order valence-electron chi connectivity index (χ3n) is 4.14. The normalized spacial score (nSPS) is 22.5. The van der Waals surface area contributed by atoms with E-state index in [1.165, 1.54) is 24.9 Å². The Hall–Kier alpha value is -1.62. The van der Waals surface area contributed by atoms with Gasteiger partial charge in [-0.2, -0.15) is 0 Å². The summed E-state index contributed by atoms with van der Waals surface area (Å²) < 4.78 is 0. The van der Waals surface area contributed by atoms with Gasteiger partial charge in [0, 0.05) is 18.8 Å². The van der Waals surface area contributed by atoms with Crippen molar-refractivity contribution in [3.8, 4) is 5.75 Å². The molecule has 110 valence electrons. The number of hydrogen-bond donors (Lipinski definition) is 2. The highest BCUT2D eigenvalue weighted by Gasteiger charge is 2.31. The fourth-order valence-corrected chi connectivity index (χ4v) is 3.11. The summed E-state index contributed by atoms with van der Waals surface area (Å²) in [6, 6.07) is 1.67. The fourth-order valence-electron chi connectivity index (χ4n) is 3.11. The van der Waals surface area contributed by atoms with Gasteiger partial charge >= 0.3 is 0 Å². The summed E-state index contributed by atoms with van der Waals surface area (Å²) in [6.45, 7) is 3.25. The van der Waals surface area contributed by atoms with Crippen LogP contribution in [0.3, 0.4) is 0 Å². The Bertz CT molecular complexity index is 464. The Kier molecular flexibility index (Phi) is 4.95. The maximum atomic E-state index is 12.6. The van der Waals surface area contributed by atoms with Gasteiger partial charge in [-0.15, -0.1) is 0 Å². The molecule has 5 nitrogen and oxygen atoms in total. The second kappa shape index (κ2) is 6.70. The molecule has 1 amide bonds. The quantitative estimate of drug-likeness (QED) is 0.879. The van der Waals surface area contributed by atoms with Gasteiger partial charge in [-0.25, -0.2) is 0 Å². The first-order valence-electron chi connectivity index (χ1n) is 7.32. The van der Waals surface area contributed by atoms with Crippen molar-refractivity contribution >= 4 is 5.91 Å². The summed E-state index contributed by atoms with van der Waals surface area (Å²) in [5.41, 5.74) is 6.30. The van der Waals surface area contributed by atoms with E-state index in [1.807, 2.05) is 11.8 Å². The predicted molar refractivity (Wildman–Crippen MR) is 77.4 cm³/mol. The Morgan fingerprint density at radius 2 is 2.20 bits per heavy atom. The lowest BCUT2D eigenvalue weighted by Gasteiger charge is -2.39. The third kappa shape index (κ3) is 3.10. The van der Waals surface area contributed by atoms with E-state index in [2.05, 4.69) is 4.98 Å². The minimum atomic E-state index is -0.0683. The zero-order chi connectivity index (χ0) is 14.5. The number of carbonyl (C=O) groups is 1. The summed E-state index contributed by atoms with van der Waals surface area (Å²) in [7, 11) is 0. The highest BCUT2D eigenvalue weighted by Crippen LogP contribution is 2.29. The van der Waals surface area contributed by atoms with Crippen molar-refractivity contribution in [2.45, 2.75) is 38.6 Å². The number of aromatic hydroxyl groups is 1.